The third kappa shape index (κ3) is 5.61. The van der Waals surface area contributed by atoms with Crippen LogP contribution >= 0.6 is 23.2 Å². The minimum Gasteiger partial charge on any atom is -0.478 e. The average molecular weight is 644 g/mol. The first-order chi connectivity index (χ1) is 20.0. The number of carboxylic acids is 1. The minimum atomic E-state index is -3.60. The molecular weight excluding hydrogens is 614 g/mol. The SMILES string of the molecule is C=C1N(c2cc(Cl)cc(Cl)c2)C(=O)[C@@](C)(C(CN(C)S(=C)(=O)c2cc(C(=O)O)c(C)cc2F)c2ccc(C#N)cc2)N1C. The van der Waals surface area contributed by atoms with Crippen molar-refractivity contribution in [3.63, 3.8) is 0 Å². The molecule has 1 N–H and O–H groups in total. The Bertz CT molecular complexity index is 1790. The molecule has 1 aliphatic rings. The van der Waals surface area contributed by atoms with Gasteiger partial charge in [-0.2, -0.15) is 5.26 Å². The average Bonchev–Trinajstić information content (AvgIpc) is 3.10. The first kappa shape index (κ1) is 32.0. The number of rotatable bonds is 8. The van der Waals surface area contributed by atoms with Crippen LogP contribution in [-0.4, -0.2) is 62.4 Å². The van der Waals surface area contributed by atoms with Crippen LogP contribution in [0.4, 0.5) is 10.1 Å². The van der Waals surface area contributed by atoms with Gasteiger partial charge >= 0.3 is 5.97 Å². The van der Waals surface area contributed by atoms with Gasteiger partial charge in [-0.05, 0) is 80.4 Å². The lowest BCUT2D eigenvalue weighted by molar-refractivity contribution is -0.125. The number of likely N-dealkylation sites (N-methyl/N-ethyl adjacent to an activating group) is 2. The smallest absolute Gasteiger partial charge is 0.335 e. The topological polar surface area (TPSA) is 105 Å². The molecule has 224 valence electrons. The molecule has 0 bridgehead atoms. The minimum absolute atomic E-state index is 0.0893. The van der Waals surface area contributed by atoms with E-state index in [9.17, 15) is 24.2 Å². The number of carbonyl (C=O) groups is 2. The highest BCUT2D eigenvalue weighted by Gasteiger charge is 2.55. The molecular formula is C31H29Cl2FN4O4S. The lowest BCUT2D eigenvalue weighted by Gasteiger charge is -2.40. The number of anilines is 1. The van der Waals surface area contributed by atoms with Crippen molar-refractivity contribution in [3.8, 4) is 6.07 Å². The molecule has 4 rings (SSSR count). The van der Waals surface area contributed by atoms with E-state index in [0.29, 0.717) is 32.7 Å². The second kappa shape index (κ2) is 11.7. The van der Waals surface area contributed by atoms with Crippen LogP contribution in [-0.2, 0) is 14.5 Å². The molecule has 1 saturated heterocycles. The molecule has 2 unspecified atom stereocenters. The largest absolute Gasteiger partial charge is 0.478 e. The summed E-state index contributed by atoms with van der Waals surface area (Å²) in [6.45, 7) is 7.20. The monoisotopic (exact) mass is 642 g/mol. The van der Waals surface area contributed by atoms with Gasteiger partial charge in [0.05, 0.1) is 37.5 Å². The van der Waals surface area contributed by atoms with E-state index in [1.54, 1.807) is 55.3 Å². The molecule has 12 heteroatoms. The van der Waals surface area contributed by atoms with Crippen molar-refractivity contribution in [2.24, 2.45) is 0 Å². The molecule has 1 amide bonds. The van der Waals surface area contributed by atoms with Crippen LogP contribution in [0.3, 0.4) is 0 Å². The summed E-state index contributed by atoms with van der Waals surface area (Å²) in [4.78, 5) is 28.9. The second-order valence-corrected chi connectivity index (χ2v) is 13.7. The standard InChI is InChI=1S/C31H29Cl2FN4O4S/c1-18-11-27(34)28(15-25(18)29(39)40)43(6,42)36(4)17-26(21-9-7-20(16-35)8-10-21)31(3)30(41)38(19(2)37(31)5)24-13-22(32)12-23(33)14-24/h7-15,26H,2,6,17H2,1,3-5H3,(H,39,40)/t26?,31-,43?/m1/s1. The maximum atomic E-state index is 15.2. The molecule has 1 fully saturated rings. The van der Waals surface area contributed by atoms with E-state index < -0.39 is 33.0 Å². The molecule has 1 heterocycles. The predicted molar refractivity (Wildman–Crippen MR) is 167 cm³/mol. The van der Waals surface area contributed by atoms with Crippen LogP contribution in [0.5, 0.6) is 0 Å². The highest BCUT2D eigenvalue weighted by atomic mass is 35.5. The Hall–Kier alpha value is -3.88. The van der Waals surface area contributed by atoms with Crippen molar-refractivity contribution in [2.75, 3.05) is 25.5 Å². The Morgan fingerprint density at radius 1 is 1.19 bits per heavy atom. The summed E-state index contributed by atoms with van der Waals surface area (Å²) in [5.74, 6) is 0.865. The van der Waals surface area contributed by atoms with E-state index >= 15 is 4.39 Å². The number of hydrogen-bond donors (Lipinski definition) is 1. The van der Waals surface area contributed by atoms with Gasteiger partial charge in [0.1, 0.15) is 17.2 Å². The Labute approximate surface area is 260 Å². The van der Waals surface area contributed by atoms with Gasteiger partial charge in [-0.3, -0.25) is 9.69 Å². The number of halogens is 3. The fourth-order valence-corrected chi connectivity index (χ4v) is 7.20. The van der Waals surface area contributed by atoms with E-state index in [2.05, 4.69) is 18.5 Å². The number of benzene rings is 3. The zero-order chi connectivity index (χ0) is 32.0. The van der Waals surface area contributed by atoms with Gasteiger partial charge in [0.25, 0.3) is 5.91 Å². The number of aromatic carboxylic acids is 1. The van der Waals surface area contributed by atoms with Gasteiger partial charge < -0.3 is 10.0 Å². The van der Waals surface area contributed by atoms with Crippen molar-refractivity contribution in [3.05, 3.63) is 105 Å². The third-order valence-corrected chi connectivity index (χ3v) is 10.6. The zero-order valence-electron chi connectivity index (χ0n) is 23.9. The highest BCUT2D eigenvalue weighted by Crippen LogP contribution is 2.45. The molecule has 8 nitrogen and oxygen atoms in total. The molecule has 3 atom stereocenters. The third-order valence-electron chi connectivity index (χ3n) is 8.00. The van der Waals surface area contributed by atoms with Crippen molar-refractivity contribution in [2.45, 2.75) is 30.2 Å². The Kier molecular flexibility index (Phi) is 8.69. The van der Waals surface area contributed by atoms with Crippen molar-refractivity contribution in [1.82, 2.24) is 9.21 Å². The number of nitrogens with zero attached hydrogens (tertiary/aromatic N) is 4. The second-order valence-electron chi connectivity index (χ2n) is 10.5. The maximum absolute atomic E-state index is 15.2. The van der Waals surface area contributed by atoms with E-state index in [1.165, 1.54) is 29.2 Å². The van der Waals surface area contributed by atoms with Gasteiger partial charge in [-0.25, -0.2) is 17.7 Å². The Balaban J connectivity index is 1.84. The number of hydrogen-bond acceptors (Lipinski definition) is 5. The number of carbonyl (C=O) groups excluding carboxylic acids is 1. The first-order valence-corrected chi connectivity index (χ1v) is 15.3. The number of nitriles is 1. The van der Waals surface area contributed by atoms with Gasteiger partial charge in [0, 0.05) is 29.6 Å². The van der Waals surface area contributed by atoms with E-state index in [4.69, 9.17) is 23.2 Å². The predicted octanol–water partition coefficient (Wildman–Crippen LogP) is 5.93. The summed E-state index contributed by atoms with van der Waals surface area (Å²) in [5, 5.41) is 19.6. The number of amides is 1. The summed E-state index contributed by atoms with van der Waals surface area (Å²) >= 11 is 12.5. The maximum Gasteiger partial charge on any atom is 0.335 e. The Morgan fingerprint density at radius 3 is 2.30 bits per heavy atom. The molecule has 0 saturated carbocycles. The van der Waals surface area contributed by atoms with E-state index in [-0.39, 0.29) is 28.5 Å². The van der Waals surface area contributed by atoms with Crippen molar-refractivity contribution < 1.29 is 23.3 Å². The van der Waals surface area contributed by atoms with Crippen LogP contribution in [0, 0.1) is 24.1 Å². The summed E-state index contributed by atoms with van der Waals surface area (Å²) in [6.07, 6.45) is 0. The van der Waals surface area contributed by atoms with E-state index in [1.807, 2.05) is 0 Å². The van der Waals surface area contributed by atoms with Gasteiger partial charge in [0.15, 0.2) is 0 Å². The summed E-state index contributed by atoms with van der Waals surface area (Å²) in [7, 11) is -0.430. The first-order valence-electron chi connectivity index (χ1n) is 12.9. The summed E-state index contributed by atoms with van der Waals surface area (Å²) in [6, 6.07) is 15.4. The fourth-order valence-electron chi connectivity index (χ4n) is 5.29. The molecule has 1 aliphatic heterocycles. The molecule has 3 aromatic carbocycles. The van der Waals surface area contributed by atoms with Gasteiger partial charge in [-0.1, -0.05) is 41.9 Å². The summed E-state index contributed by atoms with van der Waals surface area (Å²) in [5.41, 5.74) is 0.0525. The zero-order valence-corrected chi connectivity index (χ0v) is 26.2. The molecule has 0 spiro atoms. The van der Waals surface area contributed by atoms with Crippen molar-refractivity contribution >= 4 is 56.3 Å². The van der Waals surface area contributed by atoms with Crippen LogP contribution < -0.4 is 4.90 Å². The normalized spacial score (nSPS) is 19.0. The fraction of sp³-hybridized carbons (Fsp3) is 0.226. The highest BCUT2D eigenvalue weighted by molar-refractivity contribution is 7.98. The molecule has 3 aromatic rings. The van der Waals surface area contributed by atoms with Crippen LogP contribution in [0.15, 0.2) is 71.9 Å². The van der Waals surface area contributed by atoms with Crippen molar-refractivity contribution in [1.29, 1.82) is 5.26 Å². The number of carboxylic acid groups (broad SMARTS) is 1. The lowest BCUT2D eigenvalue weighted by atomic mass is 9.79. The quantitative estimate of drug-likeness (QED) is 0.306. The number of aryl methyl sites for hydroxylation is 1. The van der Waals surface area contributed by atoms with Gasteiger partial charge in [0.2, 0.25) is 0 Å². The molecule has 0 aliphatic carbocycles. The lowest BCUT2D eigenvalue weighted by Crippen LogP contribution is -2.53. The van der Waals surface area contributed by atoms with E-state index in [0.717, 1.165) is 12.1 Å². The molecule has 0 aromatic heterocycles. The molecule has 0 radical (unpaired) electrons. The molecule has 43 heavy (non-hydrogen) atoms. The van der Waals surface area contributed by atoms with Gasteiger partial charge in [-0.15, -0.1) is 0 Å². The van der Waals surface area contributed by atoms with Crippen LogP contribution in [0.25, 0.3) is 0 Å². The Morgan fingerprint density at radius 2 is 1.77 bits per heavy atom. The van der Waals surface area contributed by atoms with Crippen LogP contribution in [0.2, 0.25) is 10.0 Å². The summed E-state index contributed by atoms with van der Waals surface area (Å²) < 4.78 is 30.7. The van der Waals surface area contributed by atoms with Crippen LogP contribution in [0.1, 0.15) is 39.9 Å².